The standard InChI is InChI=1S/C22H21FN2O3S/c23-17-8-6-16(7-9-17)18-13-29-21(24-18)25-11-10-19(26)22(14-25,20(27)28)12-15-4-2-1-3-5-15/h1-9,13,19,26H,10-12,14H2,(H,27,28)/t19?,22-/m0/s1. The van der Waals surface area contributed by atoms with Gasteiger partial charge in [0.15, 0.2) is 5.13 Å². The van der Waals surface area contributed by atoms with Crippen LogP contribution in [0.5, 0.6) is 0 Å². The van der Waals surface area contributed by atoms with Crippen molar-refractivity contribution in [2.75, 3.05) is 18.0 Å². The molecule has 2 N–H and O–H groups in total. The Labute approximate surface area is 172 Å². The summed E-state index contributed by atoms with van der Waals surface area (Å²) in [6, 6.07) is 15.5. The molecule has 1 saturated heterocycles. The highest BCUT2D eigenvalue weighted by atomic mass is 32.1. The molecule has 0 amide bonds. The minimum absolute atomic E-state index is 0.175. The van der Waals surface area contributed by atoms with Gasteiger partial charge in [-0.25, -0.2) is 9.37 Å². The first-order valence-corrected chi connectivity index (χ1v) is 10.3. The van der Waals surface area contributed by atoms with Crippen LogP contribution in [0.25, 0.3) is 11.3 Å². The summed E-state index contributed by atoms with van der Waals surface area (Å²) in [6.45, 7) is 0.704. The molecule has 0 radical (unpaired) electrons. The minimum Gasteiger partial charge on any atom is -0.481 e. The Kier molecular flexibility index (Phi) is 5.34. The molecule has 0 saturated carbocycles. The van der Waals surface area contributed by atoms with E-state index in [4.69, 9.17) is 0 Å². The second kappa shape index (κ2) is 7.93. The highest BCUT2D eigenvalue weighted by Crippen LogP contribution is 2.38. The van der Waals surface area contributed by atoms with Crippen molar-refractivity contribution in [1.82, 2.24) is 4.98 Å². The number of nitrogens with zero attached hydrogens (tertiary/aromatic N) is 2. The number of benzene rings is 2. The van der Waals surface area contributed by atoms with E-state index in [-0.39, 0.29) is 18.8 Å². The van der Waals surface area contributed by atoms with Crippen molar-refractivity contribution < 1.29 is 19.4 Å². The summed E-state index contributed by atoms with van der Waals surface area (Å²) in [5, 5.41) is 23.3. The maximum atomic E-state index is 13.2. The topological polar surface area (TPSA) is 73.7 Å². The number of piperidine rings is 1. The maximum Gasteiger partial charge on any atom is 0.314 e. The number of halogens is 1. The van der Waals surface area contributed by atoms with Gasteiger partial charge in [0.1, 0.15) is 11.2 Å². The van der Waals surface area contributed by atoms with Crippen molar-refractivity contribution in [2.45, 2.75) is 18.9 Å². The number of thiazole rings is 1. The second-order valence-corrected chi connectivity index (χ2v) is 8.21. The van der Waals surface area contributed by atoms with Gasteiger partial charge in [-0.05, 0) is 42.7 Å². The molecule has 1 aliphatic rings. The number of anilines is 1. The van der Waals surface area contributed by atoms with Crippen molar-refractivity contribution in [3.05, 3.63) is 71.4 Å². The molecule has 1 aliphatic heterocycles. The molecule has 1 aromatic heterocycles. The van der Waals surface area contributed by atoms with Gasteiger partial charge in [-0.1, -0.05) is 30.3 Å². The van der Waals surface area contributed by atoms with Gasteiger partial charge in [0.2, 0.25) is 0 Å². The quantitative estimate of drug-likeness (QED) is 0.666. The lowest BCUT2D eigenvalue weighted by Crippen LogP contribution is -2.57. The van der Waals surface area contributed by atoms with Crippen LogP contribution in [-0.2, 0) is 11.2 Å². The monoisotopic (exact) mass is 412 g/mol. The van der Waals surface area contributed by atoms with Crippen molar-refractivity contribution >= 4 is 22.4 Å². The number of aliphatic hydroxyl groups excluding tert-OH is 1. The van der Waals surface area contributed by atoms with Crippen LogP contribution in [-0.4, -0.2) is 40.4 Å². The summed E-state index contributed by atoms with van der Waals surface area (Å²) >= 11 is 1.42. The van der Waals surface area contributed by atoms with E-state index in [0.717, 1.165) is 16.8 Å². The van der Waals surface area contributed by atoms with Gasteiger partial charge in [-0.15, -0.1) is 11.3 Å². The molecule has 1 fully saturated rings. The fourth-order valence-corrected chi connectivity index (χ4v) is 4.69. The van der Waals surface area contributed by atoms with E-state index in [1.807, 2.05) is 40.6 Å². The molecule has 150 valence electrons. The zero-order valence-corrected chi connectivity index (χ0v) is 16.5. The average molecular weight is 412 g/mol. The zero-order valence-electron chi connectivity index (χ0n) is 15.7. The molecular formula is C22H21FN2O3S. The fourth-order valence-electron chi connectivity index (χ4n) is 3.83. The van der Waals surface area contributed by atoms with Gasteiger partial charge in [-0.3, -0.25) is 4.79 Å². The molecule has 2 aromatic carbocycles. The summed E-state index contributed by atoms with van der Waals surface area (Å²) in [6.07, 6.45) is -0.338. The average Bonchev–Trinajstić information content (AvgIpc) is 3.21. The van der Waals surface area contributed by atoms with E-state index in [9.17, 15) is 19.4 Å². The third-order valence-corrected chi connectivity index (χ3v) is 6.38. The minimum atomic E-state index is -1.30. The molecule has 1 unspecified atom stereocenters. The van der Waals surface area contributed by atoms with Crippen LogP contribution in [0.3, 0.4) is 0 Å². The van der Waals surface area contributed by atoms with Crippen LogP contribution in [0.2, 0.25) is 0 Å². The molecule has 4 rings (SSSR count). The fraction of sp³-hybridized carbons (Fsp3) is 0.273. The molecule has 2 heterocycles. The number of carboxylic acid groups (broad SMARTS) is 1. The second-order valence-electron chi connectivity index (χ2n) is 7.37. The van der Waals surface area contributed by atoms with E-state index < -0.39 is 17.5 Å². The Hall–Kier alpha value is -2.77. The molecule has 0 spiro atoms. The van der Waals surface area contributed by atoms with Crippen molar-refractivity contribution in [1.29, 1.82) is 0 Å². The molecule has 2 atom stereocenters. The number of rotatable bonds is 5. The first-order chi connectivity index (χ1) is 14.0. The highest BCUT2D eigenvalue weighted by molar-refractivity contribution is 7.14. The number of carbonyl (C=O) groups is 1. The van der Waals surface area contributed by atoms with E-state index in [1.165, 1.54) is 23.5 Å². The van der Waals surface area contributed by atoms with Gasteiger partial charge in [-0.2, -0.15) is 0 Å². The van der Waals surface area contributed by atoms with Crippen LogP contribution in [0, 0.1) is 11.2 Å². The Bertz CT molecular complexity index is 993. The number of hydrogen-bond acceptors (Lipinski definition) is 5. The summed E-state index contributed by atoms with van der Waals surface area (Å²) in [5.41, 5.74) is 1.10. The van der Waals surface area contributed by atoms with Crippen molar-refractivity contribution in [2.24, 2.45) is 5.41 Å². The van der Waals surface area contributed by atoms with E-state index >= 15 is 0 Å². The van der Waals surface area contributed by atoms with Crippen LogP contribution in [0.15, 0.2) is 60.0 Å². The first-order valence-electron chi connectivity index (χ1n) is 9.40. The van der Waals surface area contributed by atoms with Crippen molar-refractivity contribution in [3.63, 3.8) is 0 Å². The molecule has 7 heteroatoms. The Balaban J connectivity index is 1.61. The van der Waals surface area contributed by atoms with Crippen LogP contribution in [0.4, 0.5) is 9.52 Å². The summed E-state index contributed by atoms with van der Waals surface area (Å²) < 4.78 is 13.2. The van der Waals surface area contributed by atoms with Gasteiger partial charge in [0.25, 0.3) is 0 Å². The summed E-state index contributed by atoms with van der Waals surface area (Å²) in [5.74, 6) is -1.31. The smallest absolute Gasteiger partial charge is 0.314 e. The lowest BCUT2D eigenvalue weighted by Gasteiger charge is -2.43. The zero-order chi connectivity index (χ0) is 20.4. The number of hydrogen-bond donors (Lipinski definition) is 2. The molecule has 5 nitrogen and oxygen atoms in total. The number of aromatic nitrogens is 1. The van der Waals surface area contributed by atoms with Crippen LogP contribution >= 0.6 is 11.3 Å². The van der Waals surface area contributed by atoms with Gasteiger partial charge in [0, 0.05) is 24.0 Å². The summed E-state index contributed by atoms with van der Waals surface area (Å²) in [4.78, 5) is 18.9. The normalized spacial score (nSPS) is 21.9. The molecule has 0 aliphatic carbocycles. The van der Waals surface area contributed by atoms with E-state index in [0.29, 0.717) is 18.1 Å². The number of carboxylic acids is 1. The highest BCUT2D eigenvalue weighted by Gasteiger charge is 2.49. The van der Waals surface area contributed by atoms with E-state index in [1.54, 1.807) is 12.1 Å². The SMILES string of the molecule is O=C(O)[C@@]1(Cc2ccccc2)CN(c2nc(-c3ccc(F)cc3)cs2)CCC1O. The molecular weight excluding hydrogens is 391 g/mol. The third kappa shape index (κ3) is 3.88. The number of aliphatic hydroxyl groups is 1. The third-order valence-electron chi connectivity index (χ3n) is 5.47. The first kappa shape index (κ1) is 19.5. The lowest BCUT2D eigenvalue weighted by atomic mass is 9.73. The Morgan fingerprint density at radius 1 is 1.21 bits per heavy atom. The van der Waals surface area contributed by atoms with Gasteiger partial charge >= 0.3 is 5.97 Å². The largest absolute Gasteiger partial charge is 0.481 e. The van der Waals surface area contributed by atoms with Crippen molar-refractivity contribution in [3.8, 4) is 11.3 Å². The lowest BCUT2D eigenvalue weighted by molar-refractivity contribution is -0.157. The maximum absolute atomic E-state index is 13.2. The van der Waals surface area contributed by atoms with Gasteiger partial charge in [0.05, 0.1) is 11.8 Å². The summed E-state index contributed by atoms with van der Waals surface area (Å²) in [7, 11) is 0. The number of aliphatic carboxylic acids is 1. The Morgan fingerprint density at radius 3 is 2.62 bits per heavy atom. The molecule has 0 bridgehead atoms. The van der Waals surface area contributed by atoms with Gasteiger partial charge < -0.3 is 15.1 Å². The predicted octanol–water partition coefficient (Wildman–Crippen LogP) is 3.83. The van der Waals surface area contributed by atoms with Crippen LogP contribution < -0.4 is 4.90 Å². The molecule has 29 heavy (non-hydrogen) atoms. The molecule has 3 aromatic rings. The predicted molar refractivity (Wildman–Crippen MR) is 111 cm³/mol. The Morgan fingerprint density at radius 2 is 1.93 bits per heavy atom. The van der Waals surface area contributed by atoms with Crippen LogP contribution in [0.1, 0.15) is 12.0 Å². The van der Waals surface area contributed by atoms with E-state index in [2.05, 4.69) is 4.98 Å².